The first-order valence-electron chi connectivity index (χ1n) is 9.02. The van der Waals surface area contributed by atoms with Crippen LogP contribution < -0.4 is 4.74 Å². The first-order chi connectivity index (χ1) is 14.5. The number of fused-ring (bicyclic) bond motifs is 1. The van der Waals surface area contributed by atoms with Crippen molar-refractivity contribution in [2.75, 3.05) is 7.11 Å². The molecule has 30 heavy (non-hydrogen) atoms. The number of rotatable bonds is 6. The minimum absolute atomic E-state index is 0.00110. The summed E-state index contributed by atoms with van der Waals surface area (Å²) in [5.41, 5.74) is 1.14. The van der Waals surface area contributed by atoms with E-state index in [4.69, 9.17) is 4.74 Å². The summed E-state index contributed by atoms with van der Waals surface area (Å²) < 4.78 is 6.86. The van der Waals surface area contributed by atoms with Crippen LogP contribution in [0.1, 0.15) is 32.0 Å². The molecule has 0 fully saturated rings. The summed E-state index contributed by atoms with van der Waals surface area (Å²) >= 11 is 0. The molecule has 0 radical (unpaired) electrons. The van der Waals surface area contributed by atoms with Crippen LogP contribution in [0.4, 0.5) is 0 Å². The second-order valence-electron chi connectivity index (χ2n) is 6.60. The van der Waals surface area contributed by atoms with Crippen LogP contribution in [0.3, 0.4) is 0 Å². The van der Waals surface area contributed by atoms with Gasteiger partial charge in [0, 0.05) is 0 Å². The van der Waals surface area contributed by atoms with Gasteiger partial charge in [0.25, 0.3) is 0 Å². The maximum Gasteiger partial charge on any atom is 0.355 e. The molecule has 0 unspecified atom stereocenters. The molecule has 2 N–H and O–H groups in total. The minimum Gasteiger partial charge on any atom is -0.507 e. The SMILES string of the molecule is COc1ccc(Cn2cnc3cc(C(=O)c4ccccc4O)c(C(=O)O)nc32)cc1. The van der Waals surface area contributed by atoms with Crippen LogP contribution in [0.15, 0.2) is 60.9 Å². The number of ketones is 1. The lowest BCUT2D eigenvalue weighted by atomic mass is 10.0. The van der Waals surface area contributed by atoms with Gasteiger partial charge in [-0.3, -0.25) is 4.79 Å². The lowest BCUT2D eigenvalue weighted by Gasteiger charge is -2.09. The largest absolute Gasteiger partial charge is 0.507 e. The molecule has 0 aliphatic heterocycles. The van der Waals surface area contributed by atoms with Crippen molar-refractivity contribution in [3.8, 4) is 11.5 Å². The highest BCUT2D eigenvalue weighted by molar-refractivity contribution is 6.16. The van der Waals surface area contributed by atoms with Gasteiger partial charge in [0.15, 0.2) is 17.1 Å². The number of phenolic OH excluding ortho intramolecular Hbond substituents is 1. The van der Waals surface area contributed by atoms with Crippen molar-refractivity contribution in [3.05, 3.63) is 83.3 Å². The summed E-state index contributed by atoms with van der Waals surface area (Å²) in [5, 5.41) is 19.6. The molecule has 0 bridgehead atoms. The smallest absolute Gasteiger partial charge is 0.355 e. The van der Waals surface area contributed by atoms with E-state index in [1.165, 1.54) is 18.2 Å². The van der Waals surface area contributed by atoms with Gasteiger partial charge in [0.1, 0.15) is 17.0 Å². The lowest BCUT2D eigenvalue weighted by molar-refractivity contribution is 0.0686. The molecule has 150 valence electrons. The summed E-state index contributed by atoms with van der Waals surface area (Å²) in [7, 11) is 1.59. The zero-order chi connectivity index (χ0) is 21.3. The van der Waals surface area contributed by atoms with E-state index in [1.54, 1.807) is 30.1 Å². The van der Waals surface area contributed by atoms with E-state index in [0.717, 1.165) is 11.3 Å². The maximum atomic E-state index is 12.9. The van der Waals surface area contributed by atoms with Gasteiger partial charge in [-0.05, 0) is 35.9 Å². The zero-order valence-corrected chi connectivity index (χ0v) is 15.9. The van der Waals surface area contributed by atoms with Gasteiger partial charge >= 0.3 is 5.97 Å². The van der Waals surface area contributed by atoms with E-state index in [0.29, 0.717) is 17.7 Å². The number of hydrogen-bond donors (Lipinski definition) is 2. The van der Waals surface area contributed by atoms with Gasteiger partial charge < -0.3 is 19.5 Å². The van der Waals surface area contributed by atoms with Crippen LogP contribution in [0, 0.1) is 0 Å². The number of aromatic hydroxyl groups is 1. The molecule has 2 heterocycles. The molecule has 2 aromatic carbocycles. The molecular formula is C22H17N3O5. The van der Waals surface area contributed by atoms with Crippen molar-refractivity contribution in [2.24, 2.45) is 0 Å². The number of carbonyl (C=O) groups is 2. The summed E-state index contributed by atoms with van der Waals surface area (Å²) in [6, 6.07) is 14.8. The van der Waals surface area contributed by atoms with Crippen molar-refractivity contribution in [1.29, 1.82) is 0 Å². The van der Waals surface area contributed by atoms with Gasteiger partial charge in [-0.25, -0.2) is 14.8 Å². The number of benzene rings is 2. The fraction of sp³-hybridized carbons (Fsp3) is 0.0909. The number of imidazole rings is 1. The van der Waals surface area contributed by atoms with Gasteiger partial charge in [-0.1, -0.05) is 24.3 Å². The van der Waals surface area contributed by atoms with E-state index < -0.39 is 17.4 Å². The summed E-state index contributed by atoms with van der Waals surface area (Å²) in [4.78, 5) is 33.2. The van der Waals surface area contributed by atoms with Crippen LogP contribution in [0.5, 0.6) is 11.5 Å². The lowest BCUT2D eigenvalue weighted by Crippen LogP contribution is -2.13. The van der Waals surface area contributed by atoms with Crippen LogP contribution in [0.2, 0.25) is 0 Å². The number of carboxylic acids is 1. The Bertz CT molecular complexity index is 1260. The van der Waals surface area contributed by atoms with E-state index in [2.05, 4.69) is 9.97 Å². The molecular weight excluding hydrogens is 386 g/mol. The number of phenols is 1. The average Bonchev–Trinajstić information content (AvgIpc) is 3.15. The zero-order valence-electron chi connectivity index (χ0n) is 15.9. The number of aromatic carboxylic acids is 1. The first kappa shape index (κ1) is 19.1. The number of carboxylic acid groups (broad SMARTS) is 1. The Morgan fingerprint density at radius 3 is 2.47 bits per heavy atom. The Morgan fingerprint density at radius 2 is 1.80 bits per heavy atom. The topological polar surface area (TPSA) is 115 Å². The van der Waals surface area contributed by atoms with E-state index >= 15 is 0 Å². The molecule has 0 spiro atoms. The monoisotopic (exact) mass is 403 g/mol. The number of carbonyl (C=O) groups excluding carboxylic acids is 1. The fourth-order valence-corrected chi connectivity index (χ4v) is 3.18. The Morgan fingerprint density at radius 1 is 1.07 bits per heavy atom. The van der Waals surface area contributed by atoms with Crippen molar-refractivity contribution in [1.82, 2.24) is 14.5 Å². The second kappa shape index (κ2) is 7.67. The number of para-hydroxylation sites is 1. The molecule has 4 rings (SSSR count). The van der Waals surface area contributed by atoms with Crippen LogP contribution in [-0.2, 0) is 6.54 Å². The Kier molecular flexibility index (Phi) is 4.89. The van der Waals surface area contributed by atoms with Gasteiger partial charge in [-0.15, -0.1) is 0 Å². The van der Waals surface area contributed by atoms with Crippen LogP contribution in [0.25, 0.3) is 11.2 Å². The van der Waals surface area contributed by atoms with E-state index in [1.807, 2.05) is 24.3 Å². The Hall–Kier alpha value is -4.20. The third kappa shape index (κ3) is 3.46. The number of ether oxygens (including phenoxy) is 1. The second-order valence-corrected chi connectivity index (χ2v) is 6.60. The maximum absolute atomic E-state index is 12.9. The number of nitrogens with zero attached hydrogens (tertiary/aromatic N) is 3. The van der Waals surface area contributed by atoms with Gasteiger partial charge in [0.05, 0.1) is 31.1 Å². The number of aromatic nitrogens is 3. The summed E-state index contributed by atoms with van der Waals surface area (Å²) in [5.74, 6) is -1.48. The predicted molar refractivity (Wildman–Crippen MR) is 108 cm³/mol. The summed E-state index contributed by atoms with van der Waals surface area (Å²) in [6.45, 7) is 0.416. The van der Waals surface area contributed by atoms with Gasteiger partial charge in [0.2, 0.25) is 0 Å². The molecule has 4 aromatic rings. The standard InChI is InChI=1S/C22H17N3O5/c1-30-14-8-6-13(7-9-14)11-25-12-23-17-10-16(19(22(28)29)24-21(17)25)20(27)15-4-2-3-5-18(15)26/h2-10,12,26H,11H2,1H3,(H,28,29). The van der Waals surface area contributed by atoms with E-state index in [-0.39, 0.29) is 16.9 Å². The fourth-order valence-electron chi connectivity index (χ4n) is 3.18. The number of hydrogen-bond acceptors (Lipinski definition) is 6. The average molecular weight is 403 g/mol. The van der Waals surface area contributed by atoms with Crippen molar-refractivity contribution >= 4 is 22.9 Å². The highest BCUT2D eigenvalue weighted by Gasteiger charge is 2.24. The predicted octanol–water partition coefficient (Wildman–Crippen LogP) is 3.12. The molecule has 0 aliphatic rings. The number of pyridine rings is 1. The van der Waals surface area contributed by atoms with Crippen molar-refractivity contribution in [2.45, 2.75) is 6.54 Å². The van der Waals surface area contributed by atoms with Crippen molar-refractivity contribution < 1.29 is 24.5 Å². The molecule has 0 saturated heterocycles. The molecule has 0 atom stereocenters. The molecule has 8 heteroatoms. The molecule has 0 saturated carbocycles. The Labute approximate surface area is 171 Å². The summed E-state index contributed by atoms with van der Waals surface area (Å²) in [6.07, 6.45) is 1.54. The highest BCUT2D eigenvalue weighted by Crippen LogP contribution is 2.24. The van der Waals surface area contributed by atoms with E-state index in [9.17, 15) is 19.8 Å². The minimum atomic E-state index is -1.34. The molecule has 8 nitrogen and oxygen atoms in total. The quantitative estimate of drug-likeness (QED) is 0.475. The Balaban J connectivity index is 1.77. The molecule has 0 aliphatic carbocycles. The number of methoxy groups -OCH3 is 1. The third-order valence-electron chi connectivity index (χ3n) is 4.70. The van der Waals surface area contributed by atoms with Crippen LogP contribution in [-0.4, -0.2) is 43.6 Å². The van der Waals surface area contributed by atoms with Gasteiger partial charge in [-0.2, -0.15) is 0 Å². The van der Waals surface area contributed by atoms with Crippen molar-refractivity contribution in [3.63, 3.8) is 0 Å². The molecule has 2 aromatic heterocycles. The molecule has 0 amide bonds. The third-order valence-corrected chi connectivity index (χ3v) is 4.70. The van der Waals surface area contributed by atoms with Crippen LogP contribution >= 0.6 is 0 Å². The first-order valence-corrected chi connectivity index (χ1v) is 9.02. The highest BCUT2D eigenvalue weighted by atomic mass is 16.5. The normalized spacial score (nSPS) is 10.8.